The minimum Gasteiger partial charge on any atom is -0.455 e. The molecule has 0 saturated carbocycles. The molecule has 0 bridgehead atoms. The zero-order valence-corrected chi connectivity index (χ0v) is 27.3. The van der Waals surface area contributed by atoms with Crippen LogP contribution in [-0.4, -0.2) is 0 Å². The number of hydrogen-bond donors (Lipinski definition) is 0. The van der Waals surface area contributed by atoms with Crippen molar-refractivity contribution in [3.63, 3.8) is 0 Å². The van der Waals surface area contributed by atoms with Crippen molar-refractivity contribution in [3.8, 4) is 22.3 Å². The summed E-state index contributed by atoms with van der Waals surface area (Å²) in [7, 11) is 0. The Balaban J connectivity index is 1.11. The van der Waals surface area contributed by atoms with Crippen molar-refractivity contribution in [1.82, 2.24) is 0 Å². The summed E-state index contributed by atoms with van der Waals surface area (Å²) < 4.78 is 6.39. The van der Waals surface area contributed by atoms with E-state index in [1.807, 2.05) is 12.1 Å². The summed E-state index contributed by atoms with van der Waals surface area (Å²) in [4.78, 5) is 2.36. The van der Waals surface area contributed by atoms with Gasteiger partial charge in [0, 0.05) is 33.4 Å². The van der Waals surface area contributed by atoms with E-state index >= 15 is 0 Å². The molecule has 50 heavy (non-hydrogen) atoms. The monoisotopic (exact) mass is 637 g/mol. The van der Waals surface area contributed by atoms with E-state index in [1.54, 1.807) is 0 Å². The maximum Gasteiger partial charge on any atom is 0.143 e. The van der Waals surface area contributed by atoms with Gasteiger partial charge in [-0.15, -0.1) is 0 Å². The average Bonchev–Trinajstić information content (AvgIpc) is 3.57. The third-order valence-corrected chi connectivity index (χ3v) is 10.1. The van der Waals surface area contributed by atoms with Crippen molar-refractivity contribution < 1.29 is 4.42 Å². The third kappa shape index (κ3) is 4.65. The zero-order valence-electron chi connectivity index (χ0n) is 27.3. The van der Waals surface area contributed by atoms with Gasteiger partial charge in [0.1, 0.15) is 11.2 Å². The molecular formula is C48H31NO. The average molecular weight is 638 g/mol. The molecule has 2 heteroatoms. The fourth-order valence-electron chi connectivity index (χ4n) is 7.61. The molecule has 9 aromatic carbocycles. The summed E-state index contributed by atoms with van der Waals surface area (Å²) in [5.41, 5.74) is 9.77. The van der Waals surface area contributed by atoms with Crippen LogP contribution in [0.2, 0.25) is 0 Å². The van der Waals surface area contributed by atoms with Gasteiger partial charge in [-0.05, 0) is 91.5 Å². The van der Waals surface area contributed by atoms with Gasteiger partial charge in [0.05, 0.1) is 0 Å². The smallest absolute Gasteiger partial charge is 0.143 e. The number of rotatable bonds is 5. The molecule has 2 nitrogen and oxygen atoms in total. The molecule has 1 aromatic heterocycles. The quantitative estimate of drug-likeness (QED) is 0.175. The second kappa shape index (κ2) is 11.5. The zero-order chi connectivity index (χ0) is 33.0. The SMILES string of the molecule is c1ccc2c(-c3ccc(N(c4ccc(-c5cccc6c5oc5ccccc56)cc4)c4ccc5ccc6ccccc6c5c4)cc3)cccc2c1. The van der Waals surface area contributed by atoms with E-state index in [9.17, 15) is 0 Å². The highest BCUT2D eigenvalue weighted by Gasteiger charge is 2.17. The Bertz CT molecular complexity index is 2860. The Hall–Kier alpha value is -6.64. The van der Waals surface area contributed by atoms with Gasteiger partial charge >= 0.3 is 0 Å². The number of para-hydroxylation sites is 2. The van der Waals surface area contributed by atoms with Crippen molar-refractivity contribution in [1.29, 1.82) is 0 Å². The Labute approximate surface area is 290 Å². The number of furan rings is 1. The van der Waals surface area contributed by atoms with Crippen LogP contribution in [0.25, 0.3) is 76.5 Å². The number of hydrogen-bond acceptors (Lipinski definition) is 2. The predicted molar refractivity (Wildman–Crippen MR) is 212 cm³/mol. The Kier molecular flexibility index (Phi) is 6.53. The molecule has 0 N–H and O–H groups in total. The van der Waals surface area contributed by atoms with Gasteiger partial charge in [0.15, 0.2) is 0 Å². The van der Waals surface area contributed by atoms with E-state index in [1.165, 1.54) is 43.4 Å². The van der Waals surface area contributed by atoms with Crippen LogP contribution < -0.4 is 4.90 Å². The summed E-state index contributed by atoms with van der Waals surface area (Å²) in [5, 5.41) is 9.76. The molecular weight excluding hydrogens is 607 g/mol. The number of fused-ring (bicyclic) bond motifs is 7. The van der Waals surface area contributed by atoms with E-state index in [4.69, 9.17) is 4.42 Å². The van der Waals surface area contributed by atoms with Gasteiger partial charge in [-0.3, -0.25) is 0 Å². The summed E-state index contributed by atoms with van der Waals surface area (Å²) >= 11 is 0. The molecule has 0 saturated heterocycles. The first-order valence-electron chi connectivity index (χ1n) is 17.1. The third-order valence-electron chi connectivity index (χ3n) is 10.1. The fourth-order valence-corrected chi connectivity index (χ4v) is 7.61. The second-order valence-electron chi connectivity index (χ2n) is 12.9. The second-order valence-corrected chi connectivity index (χ2v) is 12.9. The molecule has 1 heterocycles. The maximum absolute atomic E-state index is 6.39. The van der Waals surface area contributed by atoms with Crippen LogP contribution in [0.1, 0.15) is 0 Å². The van der Waals surface area contributed by atoms with Crippen molar-refractivity contribution in [2.75, 3.05) is 4.90 Å². The molecule has 0 spiro atoms. The molecule has 0 amide bonds. The normalized spacial score (nSPS) is 11.6. The summed E-state index contributed by atoms with van der Waals surface area (Å²) in [6, 6.07) is 67.5. The van der Waals surface area contributed by atoms with Crippen LogP contribution in [0.4, 0.5) is 17.1 Å². The lowest BCUT2D eigenvalue weighted by Crippen LogP contribution is -2.10. The maximum atomic E-state index is 6.39. The van der Waals surface area contributed by atoms with Crippen molar-refractivity contribution in [2.45, 2.75) is 0 Å². The van der Waals surface area contributed by atoms with Crippen molar-refractivity contribution in [3.05, 3.63) is 188 Å². The summed E-state index contributed by atoms with van der Waals surface area (Å²) in [5.74, 6) is 0. The molecule has 0 aliphatic rings. The Morgan fingerprint density at radius 2 is 0.820 bits per heavy atom. The molecule has 0 aliphatic carbocycles. The van der Waals surface area contributed by atoms with Gasteiger partial charge in [0.25, 0.3) is 0 Å². The number of nitrogens with zero attached hydrogens (tertiary/aromatic N) is 1. The highest BCUT2D eigenvalue weighted by molar-refractivity contribution is 6.10. The molecule has 0 aliphatic heterocycles. The van der Waals surface area contributed by atoms with Gasteiger partial charge in [-0.1, -0.05) is 146 Å². The predicted octanol–water partition coefficient (Wildman–Crippen LogP) is 13.8. The summed E-state index contributed by atoms with van der Waals surface area (Å²) in [6.07, 6.45) is 0. The lowest BCUT2D eigenvalue weighted by Gasteiger charge is -2.26. The lowest BCUT2D eigenvalue weighted by molar-refractivity contribution is 0.670. The molecule has 0 fully saturated rings. The molecule has 10 rings (SSSR count). The Morgan fingerprint density at radius 3 is 1.58 bits per heavy atom. The van der Waals surface area contributed by atoms with Gasteiger partial charge < -0.3 is 9.32 Å². The van der Waals surface area contributed by atoms with E-state index < -0.39 is 0 Å². The van der Waals surface area contributed by atoms with Crippen molar-refractivity contribution in [2.24, 2.45) is 0 Å². The molecule has 0 unspecified atom stereocenters. The molecule has 10 aromatic rings. The van der Waals surface area contributed by atoms with E-state index in [0.717, 1.165) is 50.1 Å². The first-order valence-corrected chi connectivity index (χ1v) is 17.1. The Morgan fingerprint density at radius 1 is 0.320 bits per heavy atom. The minimum atomic E-state index is 0.911. The number of anilines is 3. The highest BCUT2D eigenvalue weighted by Crippen LogP contribution is 2.41. The topological polar surface area (TPSA) is 16.4 Å². The molecule has 0 atom stereocenters. The first-order chi connectivity index (χ1) is 24.8. The van der Waals surface area contributed by atoms with E-state index in [-0.39, 0.29) is 0 Å². The van der Waals surface area contributed by atoms with Crippen LogP contribution in [-0.2, 0) is 0 Å². The first kappa shape index (κ1) is 28.4. The van der Waals surface area contributed by atoms with Crippen LogP contribution in [0, 0.1) is 0 Å². The van der Waals surface area contributed by atoms with Gasteiger partial charge in [-0.2, -0.15) is 0 Å². The van der Waals surface area contributed by atoms with E-state index in [2.05, 4.69) is 181 Å². The minimum absolute atomic E-state index is 0.911. The standard InChI is InChI=1S/C48H31NO/c1-3-12-40-32(9-1)11-7-15-41(40)34-21-26-37(27-22-34)49(39-30-25-36-20-19-33-10-2-4-13-42(33)46(36)31-39)38-28-23-35(24-29-38)43-16-8-17-45-44-14-5-6-18-47(44)50-48(43)45/h1-31H. The highest BCUT2D eigenvalue weighted by atomic mass is 16.3. The molecule has 234 valence electrons. The summed E-state index contributed by atoms with van der Waals surface area (Å²) in [6.45, 7) is 0. The van der Waals surface area contributed by atoms with Crippen LogP contribution in [0.15, 0.2) is 192 Å². The lowest BCUT2D eigenvalue weighted by atomic mass is 9.97. The van der Waals surface area contributed by atoms with E-state index in [0.29, 0.717) is 0 Å². The largest absolute Gasteiger partial charge is 0.455 e. The molecule has 0 radical (unpaired) electrons. The van der Waals surface area contributed by atoms with Gasteiger partial charge in [-0.25, -0.2) is 0 Å². The van der Waals surface area contributed by atoms with Crippen LogP contribution in [0.5, 0.6) is 0 Å². The van der Waals surface area contributed by atoms with Crippen LogP contribution >= 0.6 is 0 Å². The number of benzene rings is 9. The van der Waals surface area contributed by atoms with Crippen LogP contribution in [0.3, 0.4) is 0 Å². The van der Waals surface area contributed by atoms with Crippen molar-refractivity contribution >= 4 is 71.3 Å². The van der Waals surface area contributed by atoms with Gasteiger partial charge in [0.2, 0.25) is 0 Å². The fraction of sp³-hybridized carbons (Fsp3) is 0.